The molecule has 0 saturated heterocycles. The molecule has 0 fully saturated rings. The van der Waals surface area contributed by atoms with Crippen molar-refractivity contribution >= 4 is 0 Å². The van der Waals surface area contributed by atoms with E-state index >= 15 is 0 Å². The molecule has 0 amide bonds. The van der Waals surface area contributed by atoms with Crippen LogP contribution in [0.5, 0.6) is 0 Å². The molecule has 1 aromatic rings. The van der Waals surface area contributed by atoms with Gasteiger partial charge in [-0.05, 0) is 26.1 Å². The lowest BCUT2D eigenvalue weighted by Gasteiger charge is -2.36. The summed E-state index contributed by atoms with van der Waals surface area (Å²) in [6.45, 7) is 4.68. The van der Waals surface area contributed by atoms with Gasteiger partial charge in [0.15, 0.2) is 0 Å². The molecule has 1 atom stereocenters. The minimum atomic E-state index is -0.644. The summed E-state index contributed by atoms with van der Waals surface area (Å²) in [6.07, 6.45) is 0. The summed E-state index contributed by atoms with van der Waals surface area (Å²) < 4.78 is 13.8. The monoisotopic (exact) mass is 224 g/mol. The highest BCUT2D eigenvalue weighted by Gasteiger charge is 2.33. The smallest absolute Gasteiger partial charge is 0.128 e. The zero-order valence-corrected chi connectivity index (χ0v) is 10.5. The largest absolute Gasteiger partial charge is 0.320 e. The summed E-state index contributed by atoms with van der Waals surface area (Å²) >= 11 is 0. The van der Waals surface area contributed by atoms with Gasteiger partial charge in [-0.15, -0.1) is 0 Å². The summed E-state index contributed by atoms with van der Waals surface area (Å²) in [4.78, 5) is 1.99. The van der Waals surface area contributed by atoms with Gasteiger partial charge in [0.05, 0.1) is 5.54 Å². The van der Waals surface area contributed by atoms with Crippen LogP contribution in [0.2, 0.25) is 0 Å². The fourth-order valence-corrected chi connectivity index (χ4v) is 1.94. The van der Waals surface area contributed by atoms with Gasteiger partial charge in [-0.1, -0.05) is 32.0 Å². The second-order valence-corrected chi connectivity index (χ2v) is 4.91. The maximum atomic E-state index is 13.8. The van der Waals surface area contributed by atoms with Crippen LogP contribution in [-0.4, -0.2) is 25.5 Å². The van der Waals surface area contributed by atoms with Gasteiger partial charge < -0.3 is 10.6 Å². The Labute approximate surface area is 97.3 Å². The quantitative estimate of drug-likeness (QED) is 0.849. The van der Waals surface area contributed by atoms with Crippen molar-refractivity contribution in [3.63, 3.8) is 0 Å². The van der Waals surface area contributed by atoms with Crippen molar-refractivity contribution < 1.29 is 4.39 Å². The molecule has 0 aromatic heterocycles. The highest BCUT2D eigenvalue weighted by molar-refractivity contribution is 5.27. The van der Waals surface area contributed by atoms with Crippen LogP contribution >= 0.6 is 0 Å². The van der Waals surface area contributed by atoms with Crippen molar-refractivity contribution in [3.8, 4) is 0 Å². The molecule has 2 nitrogen and oxygen atoms in total. The second kappa shape index (κ2) is 4.93. The normalized spacial score (nSPS) is 15.5. The second-order valence-electron chi connectivity index (χ2n) is 4.91. The number of nitrogens with zero attached hydrogens (tertiary/aromatic N) is 1. The van der Waals surface area contributed by atoms with Crippen LogP contribution in [0.4, 0.5) is 4.39 Å². The number of hydrogen-bond acceptors (Lipinski definition) is 2. The lowest BCUT2D eigenvalue weighted by atomic mass is 9.80. The highest BCUT2D eigenvalue weighted by atomic mass is 19.1. The average molecular weight is 224 g/mol. The van der Waals surface area contributed by atoms with Crippen molar-refractivity contribution in [3.05, 3.63) is 35.6 Å². The number of rotatable bonds is 4. The third-order valence-corrected chi connectivity index (χ3v) is 2.98. The zero-order valence-electron chi connectivity index (χ0n) is 10.5. The number of nitrogens with two attached hydrogens (primary N) is 1. The molecule has 1 unspecified atom stereocenters. The van der Waals surface area contributed by atoms with E-state index < -0.39 is 5.54 Å². The first-order valence-corrected chi connectivity index (χ1v) is 5.56. The number of likely N-dealkylation sites (N-methyl/N-ethyl adjacent to an activating group) is 1. The van der Waals surface area contributed by atoms with Crippen LogP contribution in [0.3, 0.4) is 0 Å². The van der Waals surface area contributed by atoms with Gasteiger partial charge >= 0.3 is 0 Å². The third-order valence-electron chi connectivity index (χ3n) is 2.98. The molecule has 0 spiro atoms. The fraction of sp³-hybridized carbons (Fsp3) is 0.538. The first kappa shape index (κ1) is 13.1. The molecule has 3 heteroatoms. The summed E-state index contributed by atoms with van der Waals surface area (Å²) in [5.74, 6) is -0.0487. The van der Waals surface area contributed by atoms with Gasteiger partial charge in [-0.3, -0.25) is 0 Å². The minimum Gasteiger partial charge on any atom is -0.320 e. The molecule has 0 aliphatic rings. The van der Waals surface area contributed by atoms with Gasteiger partial charge in [-0.2, -0.15) is 0 Å². The molecule has 0 aliphatic carbocycles. The molecular formula is C13H21FN2. The minimum absolute atomic E-state index is 0.173. The van der Waals surface area contributed by atoms with Gasteiger partial charge in [0, 0.05) is 12.1 Å². The van der Waals surface area contributed by atoms with E-state index in [9.17, 15) is 4.39 Å². The molecule has 0 aliphatic heterocycles. The summed E-state index contributed by atoms with van der Waals surface area (Å²) in [6, 6.07) is 6.76. The average Bonchev–Trinajstić information content (AvgIpc) is 2.16. The Hall–Kier alpha value is -0.930. The first-order valence-electron chi connectivity index (χ1n) is 5.56. The predicted octanol–water partition coefficient (Wildman–Crippen LogP) is 2.20. The Bertz CT molecular complexity index is 350. The van der Waals surface area contributed by atoms with E-state index in [0.29, 0.717) is 12.1 Å². The molecular weight excluding hydrogens is 203 g/mol. The third kappa shape index (κ3) is 2.60. The predicted molar refractivity (Wildman–Crippen MR) is 65.7 cm³/mol. The topological polar surface area (TPSA) is 29.3 Å². The van der Waals surface area contributed by atoms with Crippen LogP contribution < -0.4 is 5.73 Å². The van der Waals surface area contributed by atoms with Crippen molar-refractivity contribution in [2.24, 2.45) is 11.7 Å². The Balaban J connectivity index is 3.16. The molecule has 0 heterocycles. The van der Waals surface area contributed by atoms with Crippen molar-refractivity contribution in [2.45, 2.75) is 19.4 Å². The van der Waals surface area contributed by atoms with E-state index in [4.69, 9.17) is 5.73 Å². The maximum Gasteiger partial charge on any atom is 0.128 e. The molecule has 0 saturated carbocycles. The van der Waals surface area contributed by atoms with E-state index in [0.717, 1.165) is 0 Å². The van der Waals surface area contributed by atoms with E-state index in [1.807, 2.05) is 38.9 Å². The lowest BCUT2D eigenvalue weighted by Crippen LogP contribution is -2.50. The van der Waals surface area contributed by atoms with Crippen molar-refractivity contribution in [1.82, 2.24) is 4.90 Å². The molecule has 0 bridgehead atoms. The Morgan fingerprint density at radius 1 is 1.31 bits per heavy atom. The Kier molecular flexibility index (Phi) is 4.05. The number of benzene rings is 1. The van der Waals surface area contributed by atoms with Crippen LogP contribution in [0, 0.1) is 11.7 Å². The summed E-state index contributed by atoms with van der Waals surface area (Å²) in [5, 5.41) is 0. The summed E-state index contributed by atoms with van der Waals surface area (Å²) in [7, 11) is 3.90. The molecule has 16 heavy (non-hydrogen) atoms. The highest BCUT2D eigenvalue weighted by Crippen LogP contribution is 2.29. The summed E-state index contributed by atoms with van der Waals surface area (Å²) in [5.41, 5.74) is 6.33. The fourth-order valence-electron chi connectivity index (χ4n) is 1.94. The number of halogens is 1. The van der Waals surface area contributed by atoms with Crippen LogP contribution in [0.1, 0.15) is 19.4 Å². The SMILES string of the molecule is CC(C)C(N)(CN(C)C)c1ccccc1F. The van der Waals surface area contributed by atoms with Gasteiger partial charge in [-0.25, -0.2) is 4.39 Å². The molecule has 0 radical (unpaired) electrons. The molecule has 90 valence electrons. The van der Waals surface area contributed by atoms with Gasteiger partial charge in [0.25, 0.3) is 0 Å². The molecule has 2 N–H and O–H groups in total. The number of hydrogen-bond donors (Lipinski definition) is 1. The molecule has 1 aromatic carbocycles. The zero-order chi connectivity index (χ0) is 12.3. The van der Waals surface area contributed by atoms with E-state index in [2.05, 4.69) is 0 Å². The van der Waals surface area contributed by atoms with Gasteiger partial charge in [0.2, 0.25) is 0 Å². The Morgan fingerprint density at radius 2 is 1.88 bits per heavy atom. The molecule has 1 rings (SSSR count). The standard InChI is InChI=1S/C13H21FN2/c1-10(2)13(15,9-16(3)4)11-7-5-6-8-12(11)14/h5-8,10H,9,15H2,1-4H3. The maximum absolute atomic E-state index is 13.8. The van der Waals surface area contributed by atoms with Crippen LogP contribution in [0.25, 0.3) is 0 Å². The first-order chi connectivity index (χ1) is 7.38. The van der Waals surface area contributed by atoms with Crippen molar-refractivity contribution in [1.29, 1.82) is 0 Å². The van der Waals surface area contributed by atoms with E-state index in [1.54, 1.807) is 12.1 Å². The van der Waals surface area contributed by atoms with Crippen LogP contribution in [-0.2, 0) is 5.54 Å². The van der Waals surface area contributed by atoms with Gasteiger partial charge in [0.1, 0.15) is 5.82 Å². The van der Waals surface area contributed by atoms with E-state index in [1.165, 1.54) is 6.07 Å². The van der Waals surface area contributed by atoms with Crippen LogP contribution in [0.15, 0.2) is 24.3 Å². The van der Waals surface area contributed by atoms with E-state index in [-0.39, 0.29) is 11.7 Å². The Morgan fingerprint density at radius 3 is 2.31 bits per heavy atom. The van der Waals surface area contributed by atoms with Crippen molar-refractivity contribution in [2.75, 3.05) is 20.6 Å². The lowest BCUT2D eigenvalue weighted by molar-refractivity contribution is 0.218.